The highest BCUT2D eigenvalue weighted by molar-refractivity contribution is 5.11. The van der Waals surface area contributed by atoms with E-state index in [-0.39, 0.29) is 0 Å². The highest BCUT2D eigenvalue weighted by Gasteiger charge is 1.95. The van der Waals surface area contributed by atoms with Crippen LogP contribution in [0.1, 0.15) is 25.3 Å². The summed E-state index contributed by atoms with van der Waals surface area (Å²) in [5, 5.41) is 7.32. The van der Waals surface area contributed by atoms with Crippen LogP contribution in [0.25, 0.3) is 0 Å². The Morgan fingerprint density at radius 1 is 0.810 bits per heavy atom. The second kappa shape index (κ2) is 16.6. The molecule has 2 aliphatic heterocycles. The van der Waals surface area contributed by atoms with Crippen molar-refractivity contribution in [3.8, 4) is 6.07 Å². The lowest BCUT2D eigenvalue weighted by Gasteiger charge is -2.09. The molecule has 2 heterocycles. The predicted molar refractivity (Wildman–Crippen MR) is 84.2 cm³/mol. The summed E-state index contributed by atoms with van der Waals surface area (Å²) >= 11 is 0. The first-order valence-electron chi connectivity index (χ1n) is 7.37. The van der Waals surface area contributed by atoms with E-state index < -0.39 is 0 Å². The van der Waals surface area contributed by atoms with E-state index in [0.29, 0.717) is 0 Å². The average molecular weight is 293 g/mol. The van der Waals surface area contributed by atoms with Crippen molar-refractivity contribution >= 4 is 0 Å². The maximum atomic E-state index is 7.32. The minimum absolute atomic E-state index is 0.778. The van der Waals surface area contributed by atoms with Crippen LogP contribution in [0, 0.1) is 18.3 Å². The summed E-state index contributed by atoms with van der Waals surface area (Å²) < 4.78 is 14.8. The lowest BCUT2D eigenvalue weighted by atomic mass is 10.2. The van der Waals surface area contributed by atoms with Gasteiger partial charge in [0.2, 0.25) is 0 Å². The lowest BCUT2D eigenvalue weighted by molar-refractivity contribution is -0.0334. The summed E-state index contributed by atoms with van der Waals surface area (Å²) in [6.07, 6.45) is 2.56. The first-order chi connectivity index (χ1) is 10.3. The van der Waals surface area contributed by atoms with E-state index >= 15 is 0 Å². The number of ether oxygens (including phenoxy) is 3. The summed E-state index contributed by atoms with van der Waals surface area (Å²) in [5.74, 6) is 0. The molecule has 2 fully saturated rings. The van der Waals surface area contributed by atoms with Gasteiger partial charge in [0.25, 0.3) is 0 Å². The minimum Gasteiger partial charge on any atom is -0.381 e. The van der Waals surface area contributed by atoms with Crippen LogP contribution in [-0.4, -0.2) is 39.6 Å². The van der Waals surface area contributed by atoms with Crippen molar-refractivity contribution in [1.29, 1.82) is 5.26 Å². The Labute approximate surface area is 128 Å². The molecular formula is C17H27NO3. The van der Waals surface area contributed by atoms with E-state index in [4.69, 9.17) is 19.5 Å². The fourth-order valence-corrected chi connectivity index (χ4v) is 1.48. The van der Waals surface area contributed by atoms with Crippen molar-refractivity contribution in [3.05, 3.63) is 35.9 Å². The molecule has 0 unspecified atom stereocenters. The van der Waals surface area contributed by atoms with Gasteiger partial charge in [0.05, 0.1) is 32.5 Å². The lowest BCUT2D eigenvalue weighted by Crippen LogP contribution is -2.16. The van der Waals surface area contributed by atoms with Gasteiger partial charge in [0.1, 0.15) is 0 Å². The zero-order chi connectivity index (χ0) is 15.6. The summed E-state index contributed by atoms with van der Waals surface area (Å²) in [7, 11) is 0. The first kappa shape index (κ1) is 19.6. The maximum Gasteiger partial charge on any atom is 0.0701 e. The van der Waals surface area contributed by atoms with Gasteiger partial charge in [0, 0.05) is 20.1 Å². The predicted octanol–water partition coefficient (Wildman–Crippen LogP) is 3.35. The van der Waals surface area contributed by atoms with E-state index in [1.54, 1.807) is 6.07 Å². The van der Waals surface area contributed by atoms with Crippen LogP contribution in [0.4, 0.5) is 0 Å². The van der Waals surface area contributed by atoms with E-state index in [2.05, 4.69) is 19.1 Å². The monoisotopic (exact) mass is 293 g/mol. The van der Waals surface area contributed by atoms with E-state index in [9.17, 15) is 0 Å². The van der Waals surface area contributed by atoms with E-state index in [1.807, 2.05) is 18.2 Å². The minimum atomic E-state index is 0.778. The van der Waals surface area contributed by atoms with Crippen molar-refractivity contribution in [1.82, 2.24) is 0 Å². The van der Waals surface area contributed by atoms with Crippen molar-refractivity contribution in [2.24, 2.45) is 0 Å². The third kappa shape index (κ3) is 16.5. The molecule has 0 N–H and O–H groups in total. The van der Waals surface area contributed by atoms with Crippen LogP contribution < -0.4 is 0 Å². The van der Waals surface area contributed by atoms with E-state index in [1.165, 1.54) is 25.3 Å². The molecule has 2 aliphatic rings. The first-order valence-corrected chi connectivity index (χ1v) is 7.37. The average Bonchev–Trinajstić information content (AvgIpc) is 3.11. The SMILES string of the molecule is C1CCOC1.C1COCCO1.CC#N.Cc1ccccc1. The third-order valence-corrected chi connectivity index (χ3v) is 2.51. The summed E-state index contributed by atoms with van der Waals surface area (Å²) in [6.45, 7) is 8.62. The van der Waals surface area contributed by atoms with Gasteiger partial charge < -0.3 is 14.2 Å². The van der Waals surface area contributed by atoms with Crippen LogP contribution in [-0.2, 0) is 14.2 Å². The number of rotatable bonds is 0. The molecule has 1 aromatic carbocycles. The number of nitriles is 1. The Kier molecular flexibility index (Phi) is 15.5. The fraction of sp³-hybridized carbons (Fsp3) is 0.588. The molecule has 3 rings (SSSR count). The molecule has 4 nitrogen and oxygen atoms in total. The molecule has 0 atom stereocenters. The van der Waals surface area contributed by atoms with Gasteiger partial charge in [-0.25, -0.2) is 0 Å². The molecule has 0 saturated carbocycles. The Bertz CT molecular complexity index is 322. The number of nitrogens with zero attached hydrogens (tertiary/aromatic N) is 1. The molecule has 0 bridgehead atoms. The molecule has 0 radical (unpaired) electrons. The van der Waals surface area contributed by atoms with Crippen LogP contribution in [0.5, 0.6) is 0 Å². The van der Waals surface area contributed by atoms with Gasteiger partial charge in [-0.05, 0) is 19.8 Å². The third-order valence-electron chi connectivity index (χ3n) is 2.51. The number of benzene rings is 1. The smallest absolute Gasteiger partial charge is 0.0701 e. The molecule has 0 aliphatic carbocycles. The van der Waals surface area contributed by atoms with Crippen molar-refractivity contribution < 1.29 is 14.2 Å². The van der Waals surface area contributed by atoms with Gasteiger partial charge in [-0.15, -0.1) is 0 Å². The quantitative estimate of drug-likeness (QED) is 0.736. The Morgan fingerprint density at radius 3 is 1.38 bits per heavy atom. The molecule has 0 amide bonds. The van der Waals surface area contributed by atoms with Crippen molar-refractivity contribution in [3.63, 3.8) is 0 Å². The Morgan fingerprint density at radius 2 is 1.19 bits per heavy atom. The number of aryl methyl sites for hydroxylation is 1. The van der Waals surface area contributed by atoms with Crippen LogP contribution in [0.15, 0.2) is 30.3 Å². The van der Waals surface area contributed by atoms with Crippen molar-refractivity contribution in [2.45, 2.75) is 26.7 Å². The van der Waals surface area contributed by atoms with Gasteiger partial charge >= 0.3 is 0 Å². The molecule has 2 saturated heterocycles. The summed E-state index contributed by atoms with van der Waals surface area (Å²) in [5.41, 5.74) is 1.32. The van der Waals surface area contributed by atoms with Gasteiger partial charge in [-0.3, -0.25) is 0 Å². The normalized spacial score (nSPS) is 15.9. The van der Waals surface area contributed by atoms with Crippen molar-refractivity contribution in [2.75, 3.05) is 39.6 Å². The van der Waals surface area contributed by atoms with Gasteiger partial charge in [-0.1, -0.05) is 35.9 Å². The Hall–Kier alpha value is -1.41. The molecule has 1 aromatic rings. The molecule has 21 heavy (non-hydrogen) atoms. The molecular weight excluding hydrogens is 266 g/mol. The second-order valence-electron chi connectivity index (χ2n) is 4.42. The van der Waals surface area contributed by atoms with Gasteiger partial charge in [-0.2, -0.15) is 5.26 Å². The standard InChI is InChI=1S/C7H8.C4H8O2.C4H8O.C2H3N/c1-7-5-3-2-4-6-7;1-2-6-4-3-5-1;1-2-4-5-3-1;1-2-3/h2-6H,1H3;1-4H2;1-4H2;1H3. The fourth-order valence-electron chi connectivity index (χ4n) is 1.48. The maximum absolute atomic E-state index is 7.32. The number of hydrogen-bond acceptors (Lipinski definition) is 4. The highest BCUT2D eigenvalue weighted by atomic mass is 16.6. The topological polar surface area (TPSA) is 51.5 Å². The Balaban J connectivity index is 0.000000265. The molecule has 118 valence electrons. The zero-order valence-electron chi connectivity index (χ0n) is 13.2. The molecule has 0 spiro atoms. The highest BCUT2D eigenvalue weighted by Crippen LogP contribution is 1.98. The number of hydrogen-bond donors (Lipinski definition) is 0. The molecule has 0 aromatic heterocycles. The van der Waals surface area contributed by atoms with Crippen LogP contribution in [0.2, 0.25) is 0 Å². The van der Waals surface area contributed by atoms with E-state index in [0.717, 1.165) is 39.6 Å². The van der Waals surface area contributed by atoms with Gasteiger partial charge in [0.15, 0.2) is 0 Å². The second-order valence-corrected chi connectivity index (χ2v) is 4.42. The van der Waals surface area contributed by atoms with Crippen LogP contribution >= 0.6 is 0 Å². The largest absolute Gasteiger partial charge is 0.381 e. The zero-order valence-corrected chi connectivity index (χ0v) is 13.2. The molecule has 4 heteroatoms. The van der Waals surface area contributed by atoms with Crippen LogP contribution in [0.3, 0.4) is 0 Å². The summed E-state index contributed by atoms with van der Waals surface area (Å²) in [6, 6.07) is 12.0. The summed E-state index contributed by atoms with van der Waals surface area (Å²) in [4.78, 5) is 0.